The summed E-state index contributed by atoms with van der Waals surface area (Å²) in [6, 6.07) is 0. The van der Waals surface area contributed by atoms with Gasteiger partial charge in [0.15, 0.2) is 13.1 Å². The first-order chi connectivity index (χ1) is 16.1. The van der Waals surface area contributed by atoms with Crippen LogP contribution in [0.25, 0.3) is 0 Å². The van der Waals surface area contributed by atoms with E-state index >= 15 is 0 Å². The number of ether oxygens (including phenoxy) is 2. The summed E-state index contributed by atoms with van der Waals surface area (Å²) in [7, 11) is 8.20. The van der Waals surface area contributed by atoms with Gasteiger partial charge in [0, 0.05) is 0 Å². The molecule has 0 heterocycles. The third-order valence-electron chi connectivity index (χ3n) is 6.45. The molecule has 0 spiro atoms. The summed E-state index contributed by atoms with van der Waals surface area (Å²) < 4.78 is 12.0. The lowest BCUT2D eigenvalue weighted by molar-refractivity contribution is -0.939. The zero-order valence-corrected chi connectivity index (χ0v) is 27.6. The first kappa shape index (κ1) is 40.3. The average Bonchev–Trinajstić information content (AvgIpc) is 2.75. The van der Waals surface area contributed by atoms with Gasteiger partial charge in [-0.1, -0.05) is 90.9 Å². The van der Waals surface area contributed by atoms with Crippen LogP contribution in [0, 0.1) is 0 Å². The number of rotatable bonds is 23. The van der Waals surface area contributed by atoms with Gasteiger partial charge in [-0.05, 0) is 12.8 Å². The van der Waals surface area contributed by atoms with Crippen LogP contribution < -0.4 is 34.0 Å². The van der Waals surface area contributed by atoms with E-state index in [1.807, 2.05) is 28.2 Å². The van der Waals surface area contributed by atoms with Crippen molar-refractivity contribution in [2.75, 3.05) is 67.6 Å². The summed E-state index contributed by atoms with van der Waals surface area (Å²) in [5.74, 6) is -0.259. The second kappa shape index (κ2) is 25.1. The Balaban J connectivity index is -0.00000544. The molecule has 0 rings (SSSR count). The molecule has 0 saturated carbocycles. The minimum atomic E-state index is -0.129. The number of carbonyl (C=O) groups excluding carboxylic acids is 2. The number of nitrogens with zero attached hydrogens (tertiary/aromatic N) is 2. The number of quaternary nitrogens is 2. The van der Waals surface area contributed by atoms with Crippen LogP contribution in [-0.2, 0) is 19.1 Å². The highest BCUT2D eigenvalue weighted by Gasteiger charge is 2.28. The summed E-state index contributed by atoms with van der Waals surface area (Å²) >= 11 is 0. The van der Waals surface area contributed by atoms with Gasteiger partial charge in [0.1, 0.15) is 13.1 Å². The number of esters is 2. The van der Waals surface area contributed by atoms with E-state index in [1.54, 1.807) is 0 Å². The predicted molar refractivity (Wildman–Crippen MR) is 142 cm³/mol. The molecule has 0 amide bonds. The predicted octanol–water partition coefficient (Wildman–Crippen LogP) is -0.265. The molecule has 0 fully saturated rings. The molecule has 0 radical (unpaired) electrons. The third-order valence-corrected chi connectivity index (χ3v) is 6.45. The van der Waals surface area contributed by atoms with Crippen molar-refractivity contribution in [3.8, 4) is 0 Å². The smallest absolute Gasteiger partial charge is 0.361 e. The lowest BCUT2D eigenvalue weighted by atomic mass is 10.1. The lowest BCUT2D eigenvalue weighted by Crippen LogP contribution is -3.00. The second-order valence-electron chi connectivity index (χ2n) is 11.3. The molecular formula is C28H58Br2N2O4. The normalized spacial score (nSPS) is 11.4. The summed E-state index contributed by atoms with van der Waals surface area (Å²) in [6.45, 7) is 7.82. The van der Waals surface area contributed by atoms with Crippen molar-refractivity contribution in [2.45, 2.75) is 104 Å². The van der Waals surface area contributed by atoms with Crippen LogP contribution in [0.3, 0.4) is 0 Å². The van der Waals surface area contributed by atoms with Gasteiger partial charge in [-0.25, -0.2) is 9.59 Å². The maximum Gasteiger partial charge on any atom is 0.361 e. The van der Waals surface area contributed by atoms with Crippen LogP contribution in [0.4, 0.5) is 0 Å². The molecule has 6 nitrogen and oxygen atoms in total. The molecule has 0 unspecified atom stereocenters. The van der Waals surface area contributed by atoms with Crippen LogP contribution in [0.5, 0.6) is 0 Å². The number of halogens is 2. The Morgan fingerprint density at radius 1 is 0.500 bits per heavy atom. The third kappa shape index (κ3) is 26.9. The molecule has 0 aliphatic carbocycles. The minimum Gasteiger partial charge on any atom is -1.00 e. The van der Waals surface area contributed by atoms with Crippen molar-refractivity contribution in [2.24, 2.45) is 0 Å². The van der Waals surface area contributed by atoms with Crippen LogP contribution in [0.15, 0.2) is 0 Å². The van der Waals surface area contributed by atoms with Gasteiger partial charge in [0.05, 0.1) is 41.4 Å². The maximum atomic E-state index is 12.3. The Morgan fingerprint density at radius 3 is 1.08 bits per heavy atom. The summed E-state index contributed by atoms with van der Waals surface area (Å²) in [6.07, 6.45) is 17.0. The van der Waals surface area contributed by atoms with E-state index in [2.05, 4.69) is 13.8 Å². The highest BCUT2D eigenvalue weighted by molar-refractivity contribution is 5.70. The van der Waals surface area contributed by atoms with Gasteiger partial charge in [0.25, 0.3) is 0 Å². The number of likely N-dealkylation sites (N-methyl/N-ethyl adjacent to an activating group) is 2. The Hall–Kier alpha value is -0.180. The van der Waals surface area contributed by atoms with Crippen molar-refractivity contribution in [1.29, 1.82) is 0 Å². The maximum absolute atomic E-state index is 12.3. The Kier molecular flexibility index (Phi) is 28.1. The second-order valence-corrected chi connectivity index (χ2v) is 11.3. The number of hydrogen-bond donors (Lipinski definition) is 0. The highest BCUT2D eigenvalue weighted by atomic mass is 79.9. The van der Waals surface area contributed by atoms with Gasteiger partial charge < -0.3 is 52.4 Å². The van der Waals surface area contributed by atoms with Gasteiger partial charge in [-0.15, -0.1) is 0 Å². The van der Waals surface area contributed by atoms with E-state index in [9.17, 15) is 9.59 Å². The van der Waals surface area contributed by atoms with Crippen LogP contribution >= 0.6 is 0 Å². The number of unbranched alkanes of at least 4 members (excludes halogenated alkanes) is 12. The van der Waals surface area contributed by atoms with Crippen LogP contribution in [0.1, 0.15) is 104 Å². The molecule has 0 bridgehead atoms. The summed E-state index contributed by atoms with van der Waals surface area (Å²) in [4.78, 5) is 24.5. The molecule has 36 heavy (non-hydrogen) atoms. The SMILES string of the molecule is CCCCCCCCCOC(=O)C[N+](C)(C)CC[N+](C)(C)CC(=O)OCCCCCCCCC.[Br-].[Br-]. The standard InChI is InChI=1S/C28H58N2O4.2BrH/c1-7-9-11-13-15-17-19-23-33-27(31)25-29(3,4)21-22-30(5,6)26-28(32)34-24-20-18-16-14-12-10-8-2;;/h7-26H2,1-6H3;2*1H/q+2;;/p-2. The zero-order chi connectivity index (χ0) is 25.7. The monoisotopic (exact) mass is 644 g/mol. The summed E-state index contributed by atoms with van der Waals surface area (Å²) in [5, 5.41) is 0. The summed E-state index contributed by atoms with van der Waals surface area (Å²) in [5.41, 5.74) is 0. The minimum absolute atomic E-state index is 0. The molecule has 0 aromatic rings. The molecule has 0 atom stereocenters. The molecular weight excluding hydrogens is 588 g/mol. The molecule has 0 aromatic carbocycles. The van der Waals surface area contributed by atoms with Gasteiger partial charge in [0.2, 0.25) is 0 Å². The van der Waals surface area contributed by atoms with E-state index < -0.39 is 0 Å². The Bertz CT molecular complexity index is 486. The number of hydrogen-bond acceptors (Lipinski definition) is 4. The van der Waals surface area contributed by atoms with Crippen LogP contribution in [0.2, 0.25) is 0 Å². The first-order valence-electron chi connectivity index (χ1n) is 14.1. The Labute approximate surface area is 244 Å². The molecule has 8 heteroatoms. The average molecular weight is 647 g/mol. The topological polar surface area (TPSA) is 52.6 Å². The molecule has 0 saturated heterocycles. The fourth-order valence-electron chi connectivity index (χ4n) is 3.98. The van der Waals surface area contributed by atoms with Gasteiger partial charge in [-0.2, -0.15) is 0 Å². The van der Waals surface area contributed by atoms with Gasteiger partial charge >= 0.3 is 11.9 Å². The van der Waals surface area contributed by atoms with Crippen molar-refractivity contribution in [3.05, 3.63) is 0 Å². The zero-order valence-electron chi connectivity index (χ0n) is 24.4. The van der Waals surface area contributed by atoms with E-state index in [4.69, 9.17) is 9.47 Å². The van der Waals surface area contributed by atoms with Crippen LogP contribution in [-0.4, -0.2) is 88.5 Å². The Morgan fingerprint density at radius 2 is 0.778 bits per heavy atom. The lowest BCUT2D eigenvalue weighted by Gasteiger charge is -2.34. The molecule has 0 aromatic heterocycles. The highest BCUT2D eigenvalue weighted by Crippen LogP contribution is 2.09. The molecule has 0 aliphatic rings. The van der Waals surface area contributed by atoms with E-state index in [-0.39, 0.29) is 45.9 Å². The van der Waals surface area contributed by atoms with Crippen molar-refractivity contribution in [1.82, 2.24) is 0 Å². The van der Waals surface area contributed by atoms with Crippen molar-refractivity contribution in [3.63, 3.8) is 0 Å². The molecule has 0 N–H and O–H groups in total. The fraction of sp³-hybridized carbons (Fsp3) is 0.929. The van der Waals surface area contributed by atoms with Crippen molar-refractivity contribution < 1.29 is 62.0 Å². The number of carbonyl (C=O) groups is 2. The van der Waals surface area contributed by atoms with E-state index in [0.717, 1.165) is 38.8 Å². The van der Waals surface area contributed by atoms with Gasteiger partial charge in [-0.3, -0.25) is 0 Å². The van der Waals surface area contributed by atoms with Crippen molar-refractivity contribution >= 4 is 11.9 Å². The van der Waals surface area contributed by atoms with E-state index in [1.165, 1.54) is 64.2 Å². The fourth-order valence-corrected chi connectivity index (χ4v) is 3.98. The largest absolute Gasteiger partial charge is 1.00 e. The first-order valence-corrected chi connectivity index (χ1v) is 14.1. The van der Waals surface area contributed by atoms with E-state index in [0.29, 0.717) is 35.3 Å². The molecule has 0 aliphatic heterocycles. The molecule has 218 valence electrons. The quantitative estimate of drug-likeness (QED) is 0.0873.